The molecule has 1 aromatic heterocycles. The van der Waals surface area contributed by atoms with Crippen LogP contribution in [0.2, 0.25) is 0 Å². The number of carbonyl (C=O) groups excluding carboxylic acids is 2. The summed E-state index contributed by atoms with van der Waals surface area (Å²) < 4.78 is 0.643. The number of nitrogens with one attached hydrogen (secondary N) is 1. The fourth-order valence-corrected chi connectivity index (χ4v) is 2.60. The van der Waals surface area contributed by atoms with Crippen molar-refractivity contribution in [3.8, 4) is 0 Å². The number of nitrogens with zero attached hydrogens (tertiary/aromatic N) is 1. The number of hydrogen-bond donors (Lipinski definition) is 2. The Bertz CT molecular complexity index is 677. The highest BCUT2D eigenvalue weighted by molar-refractivity contribution is 9.10. The number of hydrogen-bond acceptors (Lipinski definition) is 3. The second-order valence-electron chi connectivity index (χ2n) is 5.17. The predicted molar refractivity (Wildman–Crippen MR) is 91.5 cm³/mol. The van der Waals surface area contributed by atoms with Crippen molar-refractivity contribution in [3.63, 3.8) is 0 Å². The number of rotatable bonds is 7. The van der Waals surface area contributed by atoms with Gasteiger partial charge in [0.15, 0.2) is 0 Å². The number of carbonyl (C=O) groups is 2. The fraction of sp³-hybridized carbons (Fsp3) is 0.235. The quantitative estimate of drug-likeness (QED) is 0.725. The van der Waals surface area contributed by atoms with Crippen LogP contribution in [0.3, 0.4) is 0 Å². The molecule has 0 bridgehead atoms. The molecule has 2 rings (SSSR count). The molecule has 0 aliphatic carbocycles. The van der Waals surface area contributed by atoms with Gasteiger partial charge in [0, 0.05) is 19.0 Å². The molecular formula is C17H18BrN3O2. The van der Waals surface area contributed by atoms with E-state index in [4.69, 9.17) is 5.73 Å². The molecule has 0 radical (unpaired) electrons. The highest BCUT2D eigenvalue weighted by Gasteiger charge is 2.19. The van der Waals surface area contributed by atoms with Gasteiger partial charge < -0.3 is 11.1 Å². The molecule has 0 unspecified atom stereocenters. The molecule has 2 aromatic rings. The van der Waals surface area contributed by atoms with Crippen LogP contribution in [0.5, 0.6) is 0 Å². The van der Waals surface area contributed by atoms with E-state index >= 15 is 0 Å². The average Bonchev–Trinajstić information content (AvgIpc) is 2.55. The molecule has 5 nitrogen and oxygen atoms in total. The summed E-state index contributed by atoms with van der Waals surface area (Å²) in [5, 5.41) is 2.70. The number of nitrogens with two attached hydrogens (primary N) is 1. The van der Waals surface area contributed by atoms with E-state index in [0.29, 0.717) is 23.9 Å². The number of aromatic nitrogens is 1. The van der Waals surface area contributed by atoms with E-state index in [1.165, 1.54) is 0 Å². The molecule has 0 saturated carbocycles. The minimum atomic E-state index is -0.751. The predicted octanol–water partition coefficient (Wildman–Crippen LogP) is 1.99. The lowest BCUT2D eigenvalue weighted by Crippen LogP contribution is -2.46. The van der Waals surface area contributed by atoms with Gasteiger partial charge in [-0.25, -0.2) is 4.98 Å². The fourth-order valence-electron chi connectivity index (χ4n) is 2.18. The summed E-state index contributed by atoms with van der Waals surface area (Å²) in [6, 6.07) is 12.6. The van der Waals surface area contributed by atoms with Crippen molar-refractivity contribution in [2.45, 2.75) is 25.3 Å². The summed E-state index contributed by atoms with van der Waals surface area (Å²) in [5.74, 6) is -0.758. The number of aryl methyl sites for hydroxylation is 1. The lowest BCUT2D eigenvalue weighted by molar-refractivity contribution is -0.127. The van der Waals surface area contributed by atoms with Gasteiger partial charge in [0.2, 0.25) is 11.8 Å². The monoisotopic (exact) mass is 375 g/mol. The normalized spacial score (nSPS) is 11.7. The van der Waals surface area contributed by atoms with Crippen molar-refractivity contribution in [1.82, 2.24) is 10.3 Å². The standard InChI is InChI=1S/C17H18BrN3O2/c18-16-13(7-4-10-20-16)11-14(17(19)23)21-15(22)9-8-12-5-2-1-3-6-12/h1-7,10,14H,8-9,11H2,(H2,19,23)(H,21,22)/t14-/m0/s1. The van der Waals surface area contributed by atoms with Gasteiger partial charge in [0.05, 0.1) is 0 Å². The third kappa shape index (κ3) is 5.49. The first kappa shape index (κ1) is 17.1. The number of halogens is 1. The van der Waals surface area contributed by atoms with Crippen LogP contribution >= 0.6 is 15.9 Å². The van der Waals surface area contributed by atoms with Crippen LogP contribution in [0.4, 0.5) is 0 Å². The van der Waals surface area contributed by atoms with Gasteiger partial charge in [-0.15, -0.1) is 0 Å². The summed E-state index contributed by atoms with van der Waals surface area (Å²) in [6.45, 7) is 0. The van der Waals surface area contributed by atoms with Crippen molar-refractivity contribution in [3.05, 3.63) is 64.4 Å². The maximum atomic E-state index is 12.1. The molecule has 2 amide bonds. The zero-order chi connectivity index (χ0) is 16.7. The molecule has 6 heteroatoms. The van der Waals surface area contributed by atoms with E-state index in [-0.39, 0.29) is 5.91 Å². The second-order valence-corrected chi connectivity index (χ2v) is 5.92. The second kappa shape index (κ2) is 8.43. The van der Waals surface area contributed by atoms with Gasteiger partial charge in [-0.3, -0.25) is 9.59 Å². The molecule has 23 heavy (non-hydrogen) atoms. The van der Waals surface area contributed by atoms with Crippen molar-refractivity contribution < 1.29 is 9.59 Å². The number of primary amides is 1. The maximum Gasteiger partial charge on any atom is 0.240 e. The van der Waals surface area contributed by atoms with Gasteiger partial charge in [-0.1, -0.05) is 36.4 Å². The first-order chi connectivity index (χ1) is 11.1. The molecule has 0 spiro atoms. The molecule has 120 valence electrons. The van der Waals surface area contributed by atoms with Gasteiger partial charge in [0.1, 0.15) is 10.6 Å². The smallest absolute Gasteiger partial charge is 0.240 e. The third-order valence-corrected chi connectivity index (χ3v) is 4.14. The lowest BCUT2D eigenvalue weighted by Gasteiger charge is -2.16. The number of amides is 2. The van der Waals surface area contributed by atoms with Crippen molar-refractivity contribution in [2.24, 2.45) is 5.73 Å². The van der Waals surface area contributed by atoms with Crippen LogP contribution in [0.25, 0.3) is 0 Å². The molecule has 1 heterocycles. The zero-order valence-electron chi connectivity index (χ0n) is 12.5. The summed E-state index contributed by atoms with van der Waals surface area (Å²) in [7, 11) is 0. The van der Waals surface area contributed by atoms with Crippen LogP contribution < -0.4 is 11.1 Å². The Morgan fingerprint density at radius 3 is 2.57 bits per heavy atom. The summed E-state index contributed by atoms with van der Waals surface area (Å²) in [4.78, 5) is 27.8. The van der Waals surface area contributed by atoms with Crippen molar-refractivity contribution in [2.75, 3.05) is 0 Å². The van der Waals surface area contributed by atoms with Gasteiger partial charge in [0.25, 0.3) is 0 Å². The Balaban J connectivity index is 1.92. The van der Waals surface area contributed by atoms with Gasteiger partial charge in [-0.05, 0) is 39.5 Å². The number of benzene rings is 1. The van der Waals surface area contributed by atoms with Crippen molar-refractivity contribution >= 4 is 27.7 Å². The Morgan fingerprint density at radius 2 is 1.91 bits per heavy atom. The molecule has 3 N–H and O–H groups in total. The Labute approximate surface area is 143 Å². The molecule has 0 saturated heterocycles. The van der Waals surface area contributed by atoms with E-state index in [2.05, 4.69) is 26.2 Å². The van der Waals surface area contributed by atoms with E-state index in [9.17, 15) is 9.59 Å². The molecule has 1 atom stereocenters. The van der Waals surface area contributed by atoms with E-state index in [0.717, 1.165) is 11.1 Å². The Kier molecular flexibility index (Phi) is 6.29. The first-order valence-corrected chi connectivity index (χ1v) is 8.07. The van der Waals surface area contributed by atoms with Gasteiger partial charge >= 0.3 is 0 Å². The van der Waals surface area contributed by atoms with Crippen LogP contribution in [0.1, 0.15) is 17.5 Å². The topological polar surface area (TPSA) is 85.1 Å². The van der Waals surface area contributed by atoms with Crippen molar-refractivity contribution in [1.29, 1.82) is 0 Å². The first-order valence-electron chi connectivity index (χ1n) is 7.28. The van der Waals surface area contributed by atoms with Crippen LogP contribution in [-0.2, 0) is 22.4 Å². The third-order valence-electron chi connectivity index (χ3n) is 3.42. The Morgan fingerprint density at radius 1 is 1.17 bits per heavy atom. The summed E-state index contributed by atoms with van der Waals surface area (Å²) in [5.41, 5.74) is 7.30. The van der Waals surface area contributed by atoms with E-state index < -0.39 is 11.9 Å². The van der Waals surface area contributed by atoms with E-state index in [1.807, 2.05) is 36.4 Å². The van der Waals surface area contributed by atoms with Gasteiger partial charge in [-0.2, -0.15) is 0 Å². The highest BCUT2D eigenvalue weighted by atomic mass is 79.9. The SMILES string of the molecule is NC(=O)[C@H](Cc1cccnc1Br)NC(=O)CCc1ccccc1. The van der Waals surface area contributed by atoms with Crippen LogP contribution in [-0.4, -0.2) is 22.8 Å². The highest BCUT2D eigenvalue weighted by Crippen LogP contribution is 2.14. The number of pyridine rings is 1. The Hall–Kier alpha value is -2.21. The minimum absolute atomic E-state index is 0.197. The lowest BCUT2D eigenvalue weighted by atomic mass is 10.1. The van der Waals surface area contributed by atoms with E-state index in [1.54, 1.807) is 12.3 Å². The zero-order valence-corrected chi connectivity index (χ0v) is 14.1. The largest absolute Gasteiger partial charge is 0.368 e. The van der Waals surface area contributed by atoms with Crippen LogP contribution in [0.15, 0.2) is 53.3 Å². The molecule has 1 aromatic carbocycles. The summed E-state index contributed by atoms with van der Waals surface area (Å²) >= 11 is 3.33. The maximum absolute atomic E-state index is 12.1. The minimum Gasteiger partial charge on any atom is -0.368 e. The molecular weight excluding hydrogens is 358 g/mol. The van der Waals surface area contributed by atoms with Crippen LogP contribution in [0, 0.1) is 0 Å². The molecule has 0 aliphatic heterocycles. The summed E-state index contributed by atoms with van der Waals surface area (Å²) in [6.07, 6.45) is 2.88. The molecule has 0 aliphatic rings. The molecule has 0 fully saturated rings. The average molecular weight is 376 g/mol.